The molecule has 7 nitrogen and oxygen atoms in total. The summed E-state index contributed by atoms with van der Waals surface area (Å²) in [6, 6.07) is 7.69. The third-order valence-electron chi connectivity index (χ3n) is 3.07. The Morgan fingerprint density at radius 1 is 1.23 bits per heavy atom. The first-order chi connectivity index (χ1) is 10.8. The van der Waals surface area contributed by atoms with Gasteiger partial charge in [-0.15, -0.1) is 0 Å². The molecule has 3 rings (SSSR count). The highest BCUT2D eigenvalue weighted by molar-refractivity contribution is 5.92. The largest absolute Gasteiger partial charge is 0.384 e. The smallest absolute Gasteiger partial charge is 0.222 e. The third-order valence-corrected chi connectivity index (χ3v) is 3.07. The Kier molecular flexibility index (Phi) is 3.85. The van der Waals surface area contributed by atoms with E-state index in [0.717, 1.165) is 22.2 Å². The number of nitrogens with two attached hydrogens (primary N) is 1. The molecule has 0 unspecified atom stereocenters. The first kappa shape index (κ1) is 13.9. The summed E-state index contributed by atoms with van der Waals surface area (Å²) >= 11 is 0. The fourth-order valence-corrected chi connectivity index (χ4v) is 2.11. The highest BCUT2D eigenvalue weighted by atomic mass is 16.2. The minimum atomic E-state index is -0.165. The van der Waals surface area contributed by atoms with Crippen molar-refractivity contribution in [3.05, 3.63) is 30.5 Å². The Balaban J connectivity index is 1.99. The van der Waals surface area contributed by atoms with Gasteiger partial charge in [0.05, 0.1) is 17.8 Å². The zero-order valence-electron chi connectivity index (χ0n) is 11.7. The second kappa shape index (κ2) is 6.11. The van der Waals surface area contributed by atoms with E-state index in [2.05, 4.69) is 37.3 Å². The Morgan fingerprint density at radius 3 is 2.91 bits per heavy atom. The van der Waals surface area contributed by atoms with Gasteiger partial charge < -0.3 is 16.2 Å². The number of aromatic nitrogens is 4. The standard InChI is InChI=1S/C15H14N6O/c16-15-19-13-9-10(12-5-7-18-21-12)3-4-11(13)14(20-15)17-6-1-2-8-22/h3-5,7,9,22H,6,8H2,(H,18,21)(H3,16,17,19,20). The molecule has 7 heteroatoms. The molecule has 0 aliphatic carbocycles. The van der Waals surface area contributed by atoms with Crippen LogP contribution >= 0.6 is 0 Å². The summed E-state index contributed by atoms with van der Waals surface area (Å²) < 4.78 is 0. The van der Waals surface area contributed by atoms with Crippen LogP contribution in [0.1, 0.15) is 0 Å². The van der Waals surface area contributed by atoms with E-state index in [-0.39, 0.29) is 12.6 Å². The van der Waals surface area contributed by atoms with Crippen molar-refractivity contribution in [3.8, 4) is 23.1 Å². The number of benzene rings is 1. The topological polar surface area (TPSA) is 113 Å². The van der Waals surface area contributed by atoms with Gasteiger partial charge in [0, 0.05) is 17.1 Å². The molecule has 0 aliphatic heterocycles. The summed E-state index contributed by atoms with van der Waals surface area (Å²) in [6.45, 7) is 0.205. The van der Waals surface area contributed by atoms with Gasteiger partial charge in [0.1, 0.15) is 12.4 Å². The number of H-pyrrole nitrogens is 1. The molecule has 0 aliphatic rings. The van der Waals surface area contributed by atoms with Crippen LogP contribution in [0.25, 0.3) is 22.2 Å². The van der Waals surface area contributed by atoms with Gasteiger partial charge in [-0.1, -0.05) is 17.9 Å². The highest BCUT2D eigenvalue weighted by Crippen LogP contribution is 2.26. The lowest BCUT2D eigenvalue weighted by atomic mass is 10.1. The molecule has 110 valence electrons. The van der Waals surface area contributed by atoms with Crippen LogP contribution in [0, 0.1) is 11.8 Å². The summed E-state index contributed by atoms with van der Waals surface area (Å²) in [5.41, 5.74) is 8.37. The van der Waals surface area contributed by atoms with E-state index in [1.165, 1.54) is 0 Å². The van der Waals surface area contributed by atoms with Crippen LogP contribution in [0.5, 0.6) is 0 Å². The Morgan fingerprint density at radius 2 is 2.14 bits per heavy atom. The molecule has 1 aromatic carbocycles. The van der Waals surface area contributed by atoms with Gasteiger partial charge >= 0.3 is 0 Å². The highest BCUT2D eigenvalue weighted by Gasteiger charge is 2.08. The number of aliphatic hydroxyl groups is 1. The van der Waals surface area contributed by atoms with Crippen LogP contribution in [-0.2, 0) is 0 Å². The maximum Gasteiger partial charge on any atom is 0.222 e. The van der Waals surface area contributed by atoms with Gasteiger partial charge in [0.2, 0.25) is 5.95 Å². The lowest BCUT2D eigenvalue weighted by Crippen LogP contribution is -2.05. The number of fused-ring (bicyclic) bond motifs is 1. The molecule has 0 saturated carbocycles. The van der Waals surface area contributed by atoms with E-state index in [0.29, 0.717) is 12.4 Å². The van der Waals surface area contributed by atoms with Gasteiger partial charge in [-0.2, -0.15) is 10.1 Å². The number of nitrogen functional groups attached to an aromatic ring is 1. The average Bonchev–Trinajstić information content (AvgIpc) is 3.05. The van der Waals surface area contributed by atoms with Crippen molar-refractivity contribution in [1.29, 1.82) is 0 Å². The van der Waals surface area contributed by atoms with Gasteiger partial charge in [-0.05, 0) is 18.2 Å². The molecule has 0 amide bonds. The third kappa shape index (κ3) is 2.82. The number of nitrogens with zero attached hydrogens (tertiary/aromatic N) is 3. The van der Waals surface area contributed by atoms with Crippen molar-refractivity contribution in [2.75, 3.05) is 24.2 Å². The van der Waals surface area contributed by atoms with Crippen molar-refractivity contribution < 1.29 is 5.11 Å². The van der Waals surface area contributed by atoms with Crippen LogP contribution in [0.4, 0.5) is 11.8 Å². The number of rotatable bonds is 3. The van der Waals surface area contributed by atoms with Gasteiger partial charge in [-0.25, -0.2) is 4.98 Å². The summed E-state index contributed by atoms with van der Waals surface area (Å²) in [5.74, 6) is 6.15. The Labute approximate surface area is 126 Å². The zero-order chi connectivity index (χ0) is 15.4. The Bertz CT molecular complexity index is 848. The van der Waals surface area contributed by atoms with Crippen molar-refractivity contribution >= 4 is 22.7 Å². The molecular formula is C15H14N6O. The molecule has 0 fully saturated rings. The number of nitrogens with one attached hydrogen (secondary N) is 2. The van der Waals surface area contributed by atoms with Crippen molar-refractivity contribution in [1.82, 2.24) is 20.2 Å². The number of hydrogen-bond acceptors (Lipinski definition) is 6. The molecule has 2 heterocycles. The maximum absolute atomic E-state index is 8.65. The number of anilines is 2. The van der Waals surface area contributed by atoms with E-state index >= 15 is 0 Å². The number of aromatic amines is 1. The summed E-state index contributed by atoms with van der Waals surface area (Å²) in [7, 11) is 0. The lowest BCUT2D eigenvalue weighted by Gasteiger charge is -2.08. The summed E-state index contributed by atoms with van der Waals surface area (Å²) in [5, 5.41) is 19.4. The Hall–Kier alpha value is -3.11. The minimum Gasteiger partial charge on any atom is -0.384 e. The summed E-state index contributed by atoms with van der Waals surface area (Å²) in [6.07, 6.45) is 1.70. The van der Waals surface area contributed by atoms with Crippen molar-refractivity contribution in [3.63, 3.8) is 0 Å². The molecule has 2 aromatic heterocycles. The van der Waals surface area contributed by atoms with Crippen LogP contribution in [-0.4, -0.2) is 38.4 Å². The molecule has 0 saturated heterocycles. The van der Waals surface area contributed by atoms with E-state index in [1.807, 2.05) is 24.3 Å². The lowest BCUT2D eigenvalue weighted by molar-refractivity contribution is 0.350. The SMILES string of the molecule is Nc1nc(NCC#CCO)c2ccc(-c3ccn[nH]3)cc2n1. The second-order valence-electron chi connectivity index (χ2n) is 4.50. The van der Waals surface area contributed by atoms with Crippen molar-refractivity contribution in [2.45, 2.75) is 0 Å². The number of aliphatic hydroxyl groups excluding tert-OH is 1. The van der Waals surface area contributed by atoms with E-state index in [9.17, 15) is 0 Å². The first-order valence-corrected chi connectivity index (χ1v) is 6.65. The molecular weight excluding hydrogens is 280 g/mol. The van der Waals surface area contributed by atoms with E-state index in [4.69, 9.17) is 10.8 Å². The predicted molar refractivity (Wildman–Crippen MR) is 84.9 cm³/mol. The second-order valence-corrected chi connectivity index (χ2v) is 4.50. The van der Waals surface area contributed by atoms with Crippen LogP contribution in [0.3, 0.4) is 0 Å². The van der Waals surface area contributed by atoms with Gasteiger partial charge in [-0.3, -0.25) is 5.10 Å². The summed E-state index contributed by atoms with van der Waals surface area (Å²) in [4.78, 5) is 8.46. The first-order valence-electron chi connectivity index (χ1n) is 6.65. The van der Waals surface area contributed by atoms with Crippen LogP contribution in [0.2, 0.25) is 0 Å². The predicted octanol–water partition coefficient (Wildman–Crippen LogP) is 1.01. The van der Waals surface area contributed by atoms with E-state index < -0.39 is 0 Å². The average molecular weight is 294 g/mol. The fraction of sp³-hybridized carbons (Fsp3) is 0.133. The monoisotopic (exact) mass is 294 g/mol. The molecule has 0 bridgehead atoms. The molecule has 0 radical (unpaired) electrons. The van der Waals surface area contributed by atoms with E-state index in [1.54, 1.807) is 6.20 Å². The van der Waals surface area contributed by atoms with Crippen LogP contribution in [0.15, 0.2) is 30.5 Å². The number of hydrogen-bond donors (Lipinski definition) is 4. The molecule has 3 aromatic rings. The van der Waals surface area contributed by atoms with Gasteiger partial charge in [0.25, 0.3) is 0 Å². The zero-order valence-corrected chi connectivity index (χ0v) is 11.7. The quantitative estimate of drug-likeness (QED) is 0.536. The minimum absolute atomic E-state index is 0.165. The fourth-order valence-electron chi connectivity index (χ4n) is 2.11. The molecule has 5 N–H and O–H groups in total. The molecule has 22 heavy (non-hydrogen) atoms. The van der Waals surface area contributed by atoms with Crippen LogP contribution < -0.4 is 11.1 Å². The maximum atomic E-state index is 8.65. The van der Waals surface area contributed by atoms with Crippen molar-refractivity contribution in [2.24, 2.45) is 0 Å². The molecule has 0 atom stereocenters. The normalized spacial score (nSPS) is 10.2. The molecule has 0 spiro atoms. The van der Waals surface area contributed by atoms with Gasteiger partial charge in [0.15, 0.2) is 0 Å².